The van der Waals surface area contributed by atoms with Gasteiger partial charge in [-0.1, -0.05) is 23.7 Å². The fourth-order valence-electron chi connectivity index (χ4n) is 2.28. The third kappa shape index (κ3) is 7.39. The van der Waals surface area contributed by atoms with Crippen LogP contribution in [0.5, 0.6) is 5.75 Å². The summed E-state index contributed by atoms with van der Waals surface area (Å²) >= 11 is 6.02. The van der Waals surface area contributed by atoms with Gasteiger partial charge in [-0.25, -0.2) is 0 Å². The summed E-state index contributed by atoms with van der Waals surface area (Å²) < 4.78 is 11.1. The minimum Gasteiger partial charge on any atom is -0.491 e. The quantitative estimate of drug-likeness (QED) is 0.331. The number of rotatable bonds is 7. The Morgan fingerprint density at radius 2 is 1.88 bits per heavy atom. The van der Waals surface area contributed by atoms with Crippen molar-refractivity contribution in [3.63, 3.8) is 0 Å². The highest BCUT2D eigenvalue weighted by molar-refractivity contribution is 14.0. The zero-order chi connectivity index (χ0) is 18.2. The first-order chi connectivity index (χ1) is 12.0. The first kappa shape index (κ1) is 22.5. The molecule has 142 valence electrons. The summed E-state index contributed by atoms with van der Waals surface area (Å²) in [5.74, 6) is 1.14. The summed E-state index contributed by atoms with van der Waals surface area (Å²) in [4.78, 5) is 4.35. The molecule has 0 aliphatic carbocycles. The van der Waals surface area contributed by atoms with Crippen LogP contribution in [0.15, 0.2) is 53.5 Å². The molecular weight excluding hydrogens is 465 g/mol. The van der Waals surface area contributed by atoms with E-state index in [0.717, 1.165) is 17.0 Å². The smallest absolute Gasteiger partial charge is 0.193 e. The lowest BCUT2D eigenvalue weighted by Crippen LogP contribution is -2.23. The van der Waals surface area contributed by atoms with Crippen molar-refractivity contribution >= 4 is 47.2 Å². The lowest BCUT2D eigenvalue weighted by molar-refractivity contribution is 0.111. The molecule has 0 amide bonds. The molecule has 5 nitrogen and oxygen atoms in total. The van der Waals surface area contributed by atoms with E-state index in [9.17, 15) is 0 Å². The number of nitrogens with zero attached hydrogens (tertiary/aromatic N) is 1. The van der Waals surface area contributed by atoms with Crippen LogP contribution < -0.4 is 15.8 Å². The number of ether oxygens (including phenoxy) is 2. The molecular formula is C19H25ClIN3O2. The van der Waals surface area contributed by atoms with Crippen LogP contribution in [0.1, 0.15) is 25.5 Å². The van der Waals surface area contributed by atoms with Crippen LogP contribution in [0, 0.1) is 0 Å². The highest BCUT2D eigenvalue weighted by Gasteiger charge is 2.10. The largest absolute Gasteiger partial charge is 0.491 e. The standard InChI is InChI=1S/C19H24ClN3O2.HI/c1-13(2)25-17-9-7-16(8-10-17)23-19(21)22-12-18(24-3)14-5-4-6-15(20)11-14;/h4-11,13,18H,12H2,1-3H3,(H3,21,22,23);1H. The fraction of sp³-hybridized carbons (Fsp3) is 0.316. The molecule has 0 saturated heterocycles. The van der Waals surface area contributed by atoms with Gasteiger partial charge in [0.25, 0.3) is 0 Å². The van der Waals surface area contributed by atoms with Crippen LogP contribution in [0.25, 0.3) is 0 Å². The highest BCUT2D eigenvalue weighted by Crippen LogP contribution is 2.21. The number of nitrogens with one attached hydrogen (secondary N) is 1. The second-order valence-electron chi connectivity index (χ2n) is 5.82. The Kier molecular flexibility index (Phi) is 9.75. The molecule has 3 N–H and O–H groups in total. The Bertz CT molecular complexity index is 708. The van der Waals surface area contributed by atoms with E-state index in [4.69, 9.17) is 26.8 Å². The van der Waals surface area contributed by atoms with Gasteiger partial charge >= 0.3 is 0 Å². The van der Waals surface area contributed by atoms with Crippen LogP contribution in [0.2, 0.25) is 5.02 Å². The van der Waals surface area contributed by atoms with Crippen molar-refractivity contribution in [2.24, 2.45) is 10.7 Å². The van der Waals surface area contributed by atoms with E-state index >= 15 is 0 Å². The Labute approximate surface area is 177 Å². The molecule has 0 aliphatic rings. The van der Waals surface area contributed by atoms with Gasteiger partial charge in [-0.15, -0.1) is 24.0 Å². The monoisotopic (exact) mass is 489 g/mol. The van der Waals surface area contributed by atoms with Gasteiger partial charge in [-0.2, -0.15) is 0 Å². The Hall–Kier alpha value is -1.51. The molecule has 0 aliphatic heterocycles. The summed E-state index contributed by atoms with van der Waals surface area (Å²) in [6.45, 7) is 4.37. The van der Waals surface area contributed by atoms with Crippen LogP contribution >= 0.6 is 35.6 Å². The number of hydrogen-bond acceptors (Lipinski definition) is 3. The maximum absolute atomic E-state index is 6.02. The summed E-state index contributed by atoms with van der Waals surface area (Å²) in [5, 5.41) is 3.72. The second kappa shape index (κ2) is 11.3. The Morgan fingerprint density at radius 3 is 2.46 bits per heavy atom. The summed E-state index contributed by atoms with van der Waals surface area (Å²) in [6.07, 6.45) is -0.0659. The maximum atomic E-state index is 6.02. The fourth-order valence-corrected chi connectivity index (χ4v) is 2.48. The van der Waals surface area contributed by atoms with E-state index in [1.54, 1.807) is 7.11 Å². The normalized spacial score (nSPS) is 12.4. The molecule has 2 rings (SSSR count). The van der Waals surface area contributed by atoms with E-state index in [1.807, 2.05) is 62.4 Å². The van der Waals surface area contributed by atoms with Crippen molar-refractivity contribution < 1.29 is 9.47 Å². The molecule has 0 fully saturated rings. The zero-order valence-electron chi connectivity index (χ0n) is 15.1. The lowest BCUT2D eigenvalue weighted by Gasteiger charge is -2.14. The van der Waals surface area contributed by atoms with E-state index in [2.05, 4.69) is 10.3 Å². The van der Waals surface area contributed by atoms with E-state index in [1.165, 1.54) is 0 Å². The first-order valence-corrected chi connectivity index (χ1v) is 8.47. The van der Waals surface area contributed by atoms with Crippen molar-refractivity contribution in [1.29, 1.82) is 0 Å². The van der Waals surface area contributed by atoms with Crippen molar-refractivity contribution in [3.05, 3.63) is 59.1 Å². The summed E-state index contributed by atoms with van der Waals surface area (Å²) in [7, 11) is 1.64. The van der Waals surface area contributed by atoms with Crippen LogP contribution in [-0.4, -0.2) is 25.7 Å². The average Bonchev–Trinajstić information content (AvgIpc) is 2.57. The average molecular weight is 490 g/mol. The van der Waals surface area contributed by atoms with Gasteiger partial charge in [-0.05, 0) is 55.8 Å². The van der Waals surface area contributed by atoms with E-state index in [-0.39, 0.29) is 36.2 Å². The summed E-state index contributed by atoms with van der Waals surface area (Å²) in [5.41, 5.74) is 7.76. The van der Waals surface area contributed by atoms with Crippen molar-refractivity contribution in [2.75, 3.05) is 19.0 Å². The molecule has 0 spiro atoms. The van der Waals surface area contributed by atoms with Crippen molar-refractivity contribution in [3.8, 4) is 5.75 Å². The zero-order valence-corrected chi connectivity index (χ0v) is 18.2. The number of halogens is 2. The SMILES string of the molecule is COC(CN=C(N)Nc1ccc(OC(C)C)cc1)c1cccc(Cl)c1.I. The highest BCUT2D eigenvalue weighted by atomic mass is 127. The number of methoxy groups -OCH3 is 1. The molecule has 7 heteroatoms. The van der Waals surface area contributed by atoms with Crippen molar-refractivity contribution in [1.82, 2.24) is 0 Å². The van der Waals surface area contributed by atoms with Crippen LogP contribution in [0.4, 0.5) is 5.69 Å². The van der Waals surface area contributed by atoms with Crippen LogP contribution in [0.3, 0.4) is 0 Å². The predicted molar refractivity (Wildman–Crippen MR) is 119 cm³/mol. The molecule has 0 bridgehead atoms. The molecule has 2 aromatic rings. The number of nitrogens with two attached hydrogens (primary N) is 1. The second-order valence-corrected chi connectivity index (χ2v) is 6.26. The number of guanidine groups is 1. The van der Waals surface area contributed by atoms with Gasteiger partial charge in [0, 0.05) is 17.8 Å². The van der Waals surface area contributed by atoms with Gasteiger partial charge < -0.3 is 20.5 Å². The molecule has 26 heavy (non-hydrogen) atoms. The molecule has 2 aromatic carbocycles. The molecule has 1 atom stereocenters. The number of aliphatic imine (C=N–C) groups is 1. The molecule has 0 heterocycles. The Balaban J connectivity index is 0.00000338. The first-order valence-electron chi connectivity index (χ1n) is 8.10. The predicted octanol–water partition coefficient (Wildman–Crippen LogP) is 4.86. The molecule has 0 aromatic heterocycles. The van der Waals surface area contributed by atoms with Gasteiger partial charge in [0.05, 0.1) is 12.6 Å². The third-order valence-corrected chi connectivity index (χ3v) is 3.67. The molecule has 0 radical (unpaired) electrons. The third-order valence-electron chi connectivity index (χ3n) is 3.43. The number of hydrogen-bond donors (Lipinski definition) is 2. The van der Waals surface area contributed by atoms with E-state index in [0.29, 0.717) is 17.5 Å². The minimum atomic E-state index is -0.208. The topological polar surface area (TPSA) is 68.9 Å². The van der Waals surface area contributed by atoms with Gasteiger partial charge in [0.1, 0.15) is 11.9 Å². The number of benzene rings is 2. The number of anilines is 1. The molecule has 0 saturated carbocycles. The summed E-state index contributed by atoms with van der Waals surface area (Å²) in [6, 6.07) is 15.1. The minimum absolute atomic E-state index is 0. The van der Waals surface area contributed by atoms with Crippen LogP contribution in [-0.2, 0) is 4.74 Å². The van der Waals surface area contributed by atoms with E-state index < -0.39 is 0 Å². The maximum Gasteiger partial charge on any atom is 0.193 e. The van der Waals surface area contributed by atoms with Gasteiger partial charge in [0.15, 0.2) is 5.96 Å². The Morgan fingerprint density at radius 1 is 1.19 bits per heavy atom. The lowest BCUT2D eigenvalue weighted by atomic mass is 10.1. The van der Waals surface area contributed by atoms with Crippen molar-refractivity contribution in [2.45, 2.75) is 26.1 Å². The van der Waals surface area contributed by atoms with Gasteiger partial charge in [0.2, 0.25) is 0 Å². The van der Waals surface area contributed by atoms with Gasteiger partial charge in [-0.3, -0.25) is 4.99 Å². The molecule has 1 unspecified atom stereocenters.